The van der Waals surface area contributed by atoms with Crippen LogP contribution in [-0.4, -0.2) is 40.8 Å². The summed E-state index contributed by atoms with van der Waals surface area (Å²) >= 11 is 11.6. The zero-order valence-corrected chi connectivity index (χ0v) is 23.1. The van der Waals surface area contributed by atoms with Crippen LogP contribution in [0.3, 0.4) is 0 Å². The monoisotopic (exact) mass is 538 g/mol. The summed E-state index contributed by atoms with van der Waals surface area (Å²) in [5.74, 6) is 4.71. The van der Waals surface area contributed by atoms with Gasteiger partial charge in [-0.15, -0.1) is 0 Å². The third-order valence-corrected chi connectivity index (χ3v) is 7.71. The number of rotatable bonds is 6. The molecular formula is C28H35ClN6OS. The van der Waals surface area contributed by atoms with E-state index >= 15 is 0 Å². The van der Waals surface area contributed by atoms with Crippen LogP contribution in [0.1, 0.15) is 51.7 Å². The Morgan fingerprint density at radius 3 is 2.62 bits per heavy atom. The first-order valence-electron chi connectivity index (χ1n) is 13.2. The molecule has 0 bridgehead atoms. The first kappa shape index (κ1) is 25.8. The molecule has 2 N–H and O–H groups in total. The highest BCUT2D eigenvalue weighted by molar-refractivity contribution is 7.80. The van der Waals surface area contributed by atoms with Gasteiger partial charge >= 0.3 is 0 Å². The summed E-state index contributed by atoms with van der Waals surface area (Å²) < 4.78 is 5.99. The van der Waals surface area contributed by atoms with E-state index in [4.69, 9.17) is 38.2 Å². The molecule has 0 spiro atoms. The van der Waals surface area contributed by atoms with E-state index in [-0.39, 0.29) is 0 Å². The first-order chi connectivity index (χ1) is 17.9. The van der Waals surface area contributed by atoms with Gasteiger partial charge in [0.25, 0.3) is 0 Å². The predicted octanol–water partition coefficient (Wildman–Crippen LogP) is 6.49. The van der Waals surface area contributed by atoms with Crippen molar-refractivity contribution in [3.63, 3.8) is 0 Å². The van der Waals surface area contributed by atoms with Gasteiger partial charge in [0.2, 0.25) is 5.95 Å². The Hall–Kier alpha value is -2.84. The van der Waals surface area contributed by atoms with Gasteiger partial charge in [-0.25, -0.2) is 0 Å². The van der Waals surface area contributed by atoms with Crippen LogP contribution in [0, 0.1) is 5.92 Å². The van der Waals surface area contributed by atoms with Crippen LogP contribution in [0.2, 0.25) is 5.02 Å². The third-order valence-electron chi connectivity index (χ3n) is 7.22. The molecule has 2 aromatic heterocycles. The molecule has 37 heavy (non-hydrogen) atoms. The smallest absolute Gasteiger partial charge is 0.232 e. The van der Waals surface area contributed by atoms with Crippen LogP contribution in [0.5, 0.6) is 0 Å². The second-order valence-corrected chi connectivity index (χ2v) is 11.1. The molecule has 2 aliphatic rings. The van der Waals surface area contributed by atoms with Crippen molar-refractivity contribution in [3.8, 4) is 11.3 Å². The lowest BCUT2D eigenvalue weighted by atomic mass is 10.0. The molecule has 1 aromatic carbocycles. The van der Waals surface area contributed by atoms with Crippen LogP contribution in [0.25, 0.3) is 11.3 Å². The Balaban J connectivity index is 1.28. The Morgan fingerprint density at radius 2 is 1.84 bits per heavy atom. The van der Waals surface area contributed by atoms with Crippen molar-refractivity contribution in [2.24, 2.45) is 5.92 Å². The lowest BCUT2D eigenvalue weighted by Crippen LogP contribution is -2.39. The minimum atomic E-state index is 0.457. The van der Waals surface area contributed by atoms with Gasteiger partial charge in [0.05, 0.1) is 6.54 Å². The second kappa shape index (κ2) is 11.7. The lowest BCUT2D eigenvalue weighted by Gasteiger charge is -2.36. The van der Waals surface area contributed by atoms with E-state index in [1.54, 1.807) is 0 Å². The van der Waals surface area contributed by atoms with Gasteiger partial charge in [0, 0.05) is 42.3 Å². The minimum Gasteiger partial charge on any atom is -0.459 e. The molecule has 0 unspecified atom stereocenters. The molecule has 0 radical (unpaired) electrons. The maximum atomic E-state index is 6.00. The number of aromatic nitrogens is 2. The molecule has 5 rings (SSSR count). The maximum absolute atomic E-state index is 6.00. The van der Waals surface area contributed by atoms with Crippen molar-refractivity contribution in [1.82, 2.24) is 15.3 Å². The van der Waals surface area contributed by atoms with Crippen molar-refractivity contribution in [2.45, 2.75) is 58.5 Å². The molecule has 2 aliphatic heterocycles. The normalized spacial score (nSPS) is 20.1. The Morgan fingerprint density at radius 1 is 1.03 bits per heavy atom. The molecule has 196 valence electrons. The number of nitrogens with one attached hydrogen (secondary N) is 2. The standard InChI is InChI=1S/C28H35ClN6OS/c1-19-6-5-14-34(18-19)25-16-26(35-15-4-3-7-20(35)2)32-27(31-25)33-28(37)30-17-23-12-13-24(36-23)21-8-10-22(29)11-9-21/h8-13,16,19-20H,3-7,14-15,17-18H2,1-2H3,(H2,30,31,32,33,37)/t19-,20-/m0/s1. The molecule has 2 fully saturated rings. The number of benzene rings is 1. The number of anilines is 3. The number of nitrogens with zero attached hydrogens (tertiary/aromatic N) is 4. The van der Waals surface area contributed by atoms with Gasteiger partial charge in [0.15, 0.2) is 5.11 Å². The second-order valence-electron chi connectivity index (χ2n) is 10.2. The van der Waals surface area contributed by atoms with Gasteiger partial charge < -0.3 is 24.9 Å². The largest absolute Gasteiger partial charge is 0.459 e. The third kappa shape index (κ3) is 6.54. The number of hydrogen-bond donors (Lipinski definition) is 2. The highest BCUT2D eigenvalue weighted by Gasteiger charge is 2.24. The summed E-state index contributed by atoms with van der Waals surface area (Å²) in [5, 5.41) is 7.63. The summed E-state index contributed by atoms with van der Waals surface area (Å²) in [5.41, 5.74) is 0.980. The maximum Gasteiger partial charge on any atom is 0.232 e. The molecule has 7 nitrogen and oxygen atoms in total. The number of piperidine rings is 2. The highest BCUT2D eigenvalue weighted by atomic mass is 35.5. The molecule has 0 aliphatic carbocycles. The minimum absolute atomic E-state index is 0.457. The van der Waals surface area contributed by atoms with E-state index in [1.165, 1.54) is 32.1 Å². The lowest BCUT2D eigenvalue weighted by molar-refractivity contribution is 0.444. The fourth-order valence-corrected chi connectivity index (χ4v) is 5.47. The topological polar surface area (TPSA) is 69.5 Å². The Labute approximate surface area is 229 Å². The van der Waals surface area contributed by atoms with E-state index < -0.39 is 0 Å². The average Bonchev–Trinajstić information content (AvgIpc) is 3.37. The van der Waals surface area contributed by atoms with E-state index in [0.717, 1.165) is 48.4 Å². The summed E-state index contributed by atoms with van der Waals surface area (Å²) in [6, 6.07) is 14.1. The molecule has 0 amide bonds. The highest BCUT2D eigenvalue weighted by Crippen LogP contribution is 2.29. The Bertz CT molecular complexity index is 1220. The fourth-order valence-electron chi connectivity index (χ4n) is 5.18. The number of halogens is 1. The van der Waals surface area contributed by atoms with Gasteiger partial charge in [-0.05, 0) is 93.6 Å². The average molecular weight is 539 g/mol. The van der Waals surface area contributed by atoms with Gasteiger partial charge in [-0.1, -0.05) is 18.5 Å². The van der Waals surface area contributed by atoms with E-state index in [2.05, 4.69) is 40.3 Å². The van der Waals surface area contributed by atoms with Crippen molar-refractivity contribution >= 4 is 46.5 Å². The van der Waals surface area contributed by atoms with E-state index in [9.17, 15) is 0 Å². The van der Waals surface area contributed by atoms with Crippen LogP contribution in [-0.2, 0) is 6.54 Å². The van der Waals surface area contributed by atoms with Crippen molar-refractivity contribution in [3.05, 3.63) is 53.2 Å². The van der Waals surface area contributed by atoms with Gasteiger partial charge in [-0.2, -0.15) is 9.97 Å². The summed E-state index contributed by atoms with van der Waals surface area (Å²) in [4.78, 5) is 14.5. The van der Waals surface area contributed by atoms with E-state index in [0.29, 0.717) is 34.6 Å². The van der Waals surface area contributed by atoms with Crippen molar-refractivity contribution < 1.29 is 4.42 Å². The molecule has 4 heterocycles. The summed E-state index contributed by atoms with van der Waals surface area (Å²) in [7, 11) is 0. The molecule has 9 heteroatoms. The number of furan rings is 1. The Kier molecular flexibility index (Phi) is 8.15. The molecule has 2 saturated heterocycles. The molecule has 0 saturated carbocycles. The number of hydrogen-bond acceptors (Lipinski definition) is 6. The SMILES string of the molecule is C[C@H]1CCCN(c2cc(N3CCCC[C@@H]3C)nc(NC(=S)NCc3ccc(-c4ccc(Cl)cc4)o3)n2)C1. The first-order valence-corrected chi connectivity index (χ1v) is 14.0. The zero-order chi connectivity index (χ0) is 25.8. The fraction of sp³-hybridized carbons (Fsp3) is 0.464. The predicted molar refractivity (Wildman–Crippen MR) is 156 cm³/mol. The van der Waals surface area contributed by atoms with Gasteiger partial charge in [0.1, 0.15) is 23.2 Å². The molecule has 2 atom stereocenters. The van der Waals surface area contributed by atoms with Crippen LogP contribution < -0.4 is 20.4 Å². The zero-order valence-electron chi connectivity index (χ0n) is 21.5. The van der Waals surface area contributed by atoms with E-state index in [1.807, 2.05) is 36.4 Å². The quantitative estimate of drug-likeness (QED) is 0.345. The van der Waals surface area contributed by atoms with Crippen LogP contribution >= 0.6 is 23.8 Å². The molecular weight excluding hydrogens is 504 g/mol. The summed E-state index contributed by atoms with van der Waals surface area (Å²) in [6.07, 6.45) is 6.09. The van der Waals surface area contributed by atoms with Crippen LogP contribution in [0.4, 0.5) is 17.6 Å². The summed E-state index contributed by atoms with van der Waals surface area (Å²) in [6.45, 7) is 8.11. The van der Waals surface area contributed by atoms with Gasteiger partial charge in [-0.3, -0.25) is 0 Å². The number of thiocarbonyl (C=S) groups is 1. The van der Waals surface area contributed by atoms with Crippen LogP contribution in [0.15, 0.2) is 46.9 Å². The van der Waals surface area contributed by atoms with Crippen molar-refractivity contribution in [1.29, 1.82) is 0 Å². The molecule has 3 aromatic rings. The van der Waals surface area contributed by atoms with Crippen molar-refractivity contribution in [2.75, 3.05) is 34.8 Å².